The smallest absolute Gasteiger partial charge is 0.281 e. The number of nitrogens with one attached hydrogen (secondary N) is 2. The van der Waals surface area contributed by atoms with E-state index in [-0.39, 0.29) is 22.5 Å². The number of hydrogen-bond acceptors (Lipinski definition) is 7. The van der Waals surface area contributed by atoms with Gasteiger partial charge in [0, 0.05) is 29.3 Å². The predicted molar refractivity (Wildman–Crippen MR) is 138 cm³/mol. The Morgan fingerprint density at radius 3 is 2.19 bits per heavy atom. The SMILES string of the molecule is COc1cc(OC)cc(C(=O)NN=C(C)c2c(-c3ccccc3)[nH]n(-c3ccc([N+](=O)[O-])cc3)c2=O)c1. The Kier molecular flexibility index (Phi) is 7.14. The molecule has 0 spiro atoms. The minimum Gasteiger partial charge on any atom is -0.497 e. The predicted octanol–water partition coefficient (Wildman–Crippen LogP) is 3.91. The molecule has 11 nitrogen and oxygen atoms in total. The number of aromatic amines is 1. The molecular weight excluding hydrogens is 478 g/mol. The first-order valence-corrected chi connectivity index (χ1v) is 11.1. The van der Waals surface area contributed by atoms with Crippen LogP contribution in [0.5, 0.6) is 11.5 Å². The molecule has 0 unspecified atom stereocenters. The minimum atomic E-state index is -0.524. The van der Waals surface area contributed by atoms with Crippen molar-refractivity contribution in [1.82, 2.24) is 15.2 Å². The van der Waals surface area contributed by atoms with E-state index in [0.29, 0.717) is 28.4 Å². The maximum absolute atomic E-state index is 13.5. The van der Waals surface area contributed by atoms with Crippen molar-refractivity contribution < 1.29 is 19.2 Å². The Hall–Kier alpha value is -5.19. The number of rotatable bonds is 8. The number of amides is 1. The van der Waals surface area contributed by atoms with E-state index in [0.717, 1.165) is 0 Å². The summed E-state index contributed by atoms with van der Waals surface area (Å²) in [6.07, 6.45) is 0. The van der Waals surface area contributed by atoms with Gasteiger partial charge in [0.2, 0.25) is 0 Å². The molecule has 0 aliphatic rings. The summed E-state index contributed by atoms with van der Waals surface area (Å²) in [5.74, 6) is 0.352. The lowest BCUT2D eigenvalue weighted by Crippen LogP contribution is -2.23. The second-order valence-electron chi connectivity index (χ2n) is 7.88. The molecule has 1 amide bonds. The normalized spacial score (nSPS) is 11.2. The second-order valence-corrected chi connectivity index (χ2v) is 7.88. The standard InChI is InChI=1S/C26H23N5O6/c1-16(27-28-25(32)18-13-21(36-2)15-22(14-18)37-3)23-24(17-7-5-4-6-8-17)29-30(26(23)33)19-9-11-20(12-10-19)31(34)35/h4-15,29H,1-3H3,(H,28,32). The Bertz CT molecular complexity index is 1520. The van der Waals surface area contributed by atoms with E-state index in [9.17, 15) is 19.7 Å². The number of aromatic nitrogens is 2. The molecule has 0 fully saturated rings. The number of nitro groups is 1. The van der Waals surface area contributed by atoms with Gasteiger partial charge in [0.05, 0.1) is 41.8 Å². The number of carbonyl (C=O) groups excluding carboxylic acids is 1. The third kappa shape index (κ3) is 5.25. The third-order valence-electron chi connectivity index (χ3n) is 5.57. The van der Waals surface area contributed by atoms with E-state index in [1.54, 1.807) is 13.0 Å². The zero-order chi connectivity index (χ0) is 26.5. The molecular formula is C26H23N5O6. The zero-order valence-electron chi connectivity index (χ0n) is 20.2. The average Bonchev–Trinajstić information content (AvgIpc) is 3.28. The summed E-state index contributed by atoms with van der Waals surface area (Å²) in [7, 11) is 2.96. The number of nitrogens with zero attached hydrogens (tertiary/aromatic N) is 3. The molecule has 0 bridgehead atoms. The number of non-ortho nitro benzene ring substituents is 1. The summed E-state index contributed by atoms with van der Waals surface area (Å²) in [4.78, 5) is 36.8. The number of H-pyrrole nitrogens is 1. The summed E-state index contributed by atoms with van der Waals surface area (Å²) >= 11 is 0. The molecule has 37 heavy (non-hydrogen) atoms. The highest BCUT2D eigenvalue weighted by Gasteiger charge is 2.20. The van der Waals surface area contributed by atoms with Gasteiger partial charge in [-0.15, -0.1) is 0 Å². The van der Waals surface area contributed by atoms with Gasteiger partial charge in [-0.25, -0.2) is 10.1 Å². The third-order valence-corrected chi connectivity index (χ3v) is 5.57. The van der Waals surface area contributed by atoms with Gasteiger partial charge in [0.25, 0.3) is 17.2 Å². The summed E-state index contributed by atoms with van der Waals surface area (Å²) < 4.78 is 11.7. The molecule has 0 saturated carbocycles. The molecule has 11 heteroatoms. The maximum Gasteiger partial charge on any atom is 0.281 e. The highest BCUT2D eigenvalue weighted by Crippen LogP contribution is 2.24. The van der Waals surface area contributed by atoms with E-state index in [4.69, 9.17) is 9.47 Å². The summed E-state index contributed by atoms with van der Waals surface area (Å²) in [5.41, 5.74) is 4.28. The van der Waals surface area contributed by atoms with Gasteiger partial charge in [0.1, 0.15) is 11.5 Å². The lowest BCUT2D eigenvalue weighted by Gasteiger charge is -2.08. The molecule has 2 N–H and O–H groups in total. The van der Waals surface area contributed by atoms with Crippen LogP contribution in [-0.4, -0.2) is 40.5 Å². The fourth-order valence-electron chi connectivity index (χ4n) is 3.69. The number of methoxy groups -OCH3 is 2. The van der Waals surface area contributed by atoms with E-state index in [2.05, 4.69) is 15.6 Å². The lowest BCUT2D eigenvalue weighted by atomic mass is 10.1. The van der Waals surface area contributed by atoms with Crippen molar-refractivity contribution in [1.29, 1.82) is 0 Å². The molecule has 1 heterocycles. The van der Waals surface area contributed by atoms with Crippen molar-refractivity contribution in [3.8, 4) is 28.4 Å². The summed E-state index contributed by atoms with van der Waals surface area (Å²) in [6.45, 7) is 1.60. The van der Waals surface area contributed by atoms with Crippen LogP contribution < -0.4 is 20.5 Å². The van der Waals surface area contributed by atoms with E-state index in [1.165, 1.54) is 55.3 Å². The second kappa shape index (κ2) is 10.6. The monoisotopic (exact) mass is 501 g/mol. The van der Waals surface area contributed by atoms with Gasteiger partial charge in [-0.05, 0) is 31.2 Å². The van der Waals surface area contributed by atoms with Crippen LogP contribution in [-0.2, 0) is 0 Å². The van der Waals surface area contributed by atoms with Crippen LogP contribution in [0.25, 0.3) is 16.9 Å². The van der Waals surface area contributed by atoms with Gasteiger partial charge in [-0.2, -0.15) is 5.10 Å². The van der Waals surface area contributed by atoms with E-state index >= 15 is 0 Å². The fraction of sp³-hybridized carbons (Fsp3) is 0.115. The number of hydrogen-bond donors (Lipinski definition) is 2. The van der Waals surface area contributed by atoms with Crippen LogP contribution >= 0.6 is 0 Å². The molecule has 188 valence electrons. The average molecular weight is 501 g/mol. The molecule has 4 rings (SSSR count). The Morgan fingerprint density at radius 1 is 1.00 bits per heavy atom. The number of benzene rings is 3. The van der Waals surface area contributed by atoms with Crippen molar-refractivity contribution in [3.63, 3.8) is 0 Å². The van der Waals surface area contributed by atoms with Gasteiger partial charge in [0.15, 0.2) is 0 Å². The highest BCUT2D eigenvalue weighted by atomic mass is 16.6. The molecule has 0 saturated heterocycles. The van der Waals surface area contributed by atoms with Gasteiger partial charge in [-0.1, -0.05) is 30.3 Å². The van der Waals surface area contributed by atoms with Crippen molar-refractivity contribution in [2.24, 2.45) is 5.10 Å². The first-order chi connectivity index (χ1) is 17.8. The first-order valence-electron chi connectivity index (χ1n) is 11.1. The van der Waals surface area contributed by atoms with Crippen molar-refractivity contribution in [2.45, 2.75) is 6.92 Å². The van der Waals surface area contributed by atoms with Crippen molar-refractivity contribution in [2.75, 3.05) is 14.2 Å². The Balaban J connectivity index is 1.73. The lowest BCUT2D eigenvalue weighted by molar-refractivity contribution is -0.384. The van der Waals surface area contributed by atoms with Crippen LogP contribution in [0.15, 0.2) is 82.7 Å². The van der Waals surface area contributed by atoms with Crippen LogP contribution in [0, 0.1) is 10.1 Å². The number of ether oxygens (including phenoxy) is 2. The van der Waals surface area contributed by atoms with Gasteiger partial charge in [-0.3, -0.25) is 24.8 Å². The van der Waals surface area contributed by atoms with E-state index in [1.807, 2.05) is 30.3 Å². The largest absolute Gasteiger partial charge is 0.497 e. The summed E-state index contributed by atoms with van der Waals surface area (Å²) in [5, 5.41) is 18.3. The Labute approximate surface area is 211 Å². The molecule has 0 radical (unpaired) electrons. The van der Waals surface area contributed by atoms with Crippen LogP contribution in [0.3, 0.4) is 0 Å². The number of hydrazone groups is 1. The van der Waals surface area contributed by atoms with Crippen LogP contribution in [0.4, 0.5) is 5.69 Å². The molecule has 3 aromatic carbocycles. The molecule has 0 atom stereocenters. The van der Waals surface area contributed by atoms with Crippen molar-refractivity contribution >= 4 is 17.3 Å². The quantitative estimate of drug-likeness (QED) is 0.213. The van der Waals surface area contributed by atoms with E-state index < -0.39 is 16.4 Å². The Morgan fingerprint density at radius 2 is 1.62 bits per heavy atom. The molecule has 0 aliphatic heterocycles. The topological polar surface area (TPSA) is 141 Å². The molecule has 1 aromatic heterocycles. The highest BCUT2D eigenvalue weighted by molar-refractivity contribution is 6.04. The van der Waals surface area contributed by atoms with Gasteiger partial charge < -0.3 is 9.47 Å². The maximum atomic E-state index is 13.5. The van der Waals surface area contributed by atoms with Crippen molar-refractivity contribution in [3.05, 3.63) is 104 Å². The minimum absolute atomic E-state index is 0.0958. The molecule has 4 aromatic rings. The van der Waals surface area contributed by atoms with Crippen LogP contribution in [0.1, 0.15) is 22.8 Å². The first kappa shape index (κ1) is 24.9. The fourth-order valence-corrected chi connectivity index (χ4v) is 3.69. The number of carbonyl (C=O) groups is 1. The summed E-state index contributed by atoms with van der Waals surface area (Å²) in [6, 6.07) is 19.4. The zero-order valence-corrected chi connectivity index (χ0v) is 20.2. The molecule has 0 aliphatic carbocycles. The van der Waals surface area contributed by atoms with Crippen LogP contribution in [0.2, 0.25) is 0 Å². The van der Waals surface area contributed by atoms with Gasteiger partial charge >= 0.3 is 0 Å². The number of nitro benzene ring substituents is 1.